The summed E-state index contributed by atoms with van der Waals surface area (Å²) in [6.07, 6.45) is 2.45. The molecule has 1 heterocycles. The number of carbonyl (C=O) groups excluding carboxylic acids is 1. The fourth-order valence-corrected chi connectivity index (χ4v) is 1.59. The molecule has 94 valence electrons. The number of hydrogen-bond donors (Lipinski definition) is 2. The summed E-state index contributed by atoms with van der Waals surface area (Å²) in [4.78, 5) is 18.9. The zero-order valence-electron chi connectivity index (χ0n) is 8.97. The number of sulfonamides is 1. The van der Waals surface area contributed by atoms with E-state index < -0.39 is 15.9 Å². The SMILES string of the molecule is CNS(=O)(=O)CCNC(=O)c1cnc(Cl)cn1. The van der Waals surface area contributed by atoms with Crippen LogP contribution in [0.3, 0.4) is 0 Å². The van der Waals surface area contributed by atoms with Crippen molar-refractivity contribution in [3.05, 3.63) is 23.2 Å². The quantitative estimate of drug-likeness (QED) is 0.750. The summed E-state index contributed by atoms with van der Waals surface area (Å²) in [7, 11) is -2.02. The standard InChI is InChI=1S/C8H11ClN4O3S/c1-10-17(15,16)3-2-11-8(14)6-4-13-7(9)5-12-6/h4-5,10H,2-3H2,1H3,(H,11,14). The van der Waals surface area contributed by atoms with E-state index in [9.17, 15) is 13.2 Å². The lowest BCUT2D eigenvalue weighted by Gasteiger charge is -2.04. The molecule has 0 saturated carbocycles. The topological polar surface area (TPSA) is 101 Å². The lowest BCUT2D eigenvalue weighted by atomic mass is 10.4. The van der Waals surface area contributed by atoms with Gasteiger partial charge in [-0.2, -0.15) is 0 Å². The normalized spacial score (nSPS) is 11.2. The summed E-state index contributed by atoms with van der Waals surface area (Å²) in [6.45, 7) is -0.00763. The second-order valence-corrected chi connectivity index (χ2v) is 5.44. The Morgan fingerprint density at radius 2 is 2.12 bits per heavy atom. The Labute approximate surface area is 104 Å². The van der Waals surface area contributed by atoms with Crippen LogP contribution in [0.25, 0.3) is 0 Å². The van der Waals surface area contributed by atoms with E-state index in [1.165, 1.54) is 19.4 Å². The van der Waals surface area contributed by atoms with Gasteiger partial charge in [-0.15, -0.1) is 0 Å². The zero-order chi connectivity index (χ0) is 12.9. The predicted octanol–water partition coefficient (Wildman–Crippen LogP) is -0.591. The van der Waals surface area contributed by atoms with Crippen molar-refractivity contribution in [3.63, 3.8) is 0 Å². The van der Waals surface area contributed by atoms with Crippen molar-refractivity contribution in [3.8, 4) is 0 Å². The van der Waals surface area contributed by atoms with Gasteiger partial charge in [0.05, 0.1) is 18.1 Å². The Bertz CT molecular complexity index is 488. The molecule has 0 unspecified atom stereocenters. The first-order chi connectivity index (χ1) is 7.94. The van der Waals surface area contributed by atoms with E-state index >= 15 is 0 Å². The molecule has 0 spiro atoms. The van der Waals surface area contributed by atoms with Gasteiger partial charge in [-0.3, -0.25) is 4.79 Å². The second kappa shape index (κ2) is 5.89. The van der Waals surface area contributed by atoms with Crippen molar-refractivity contribution in [1.82, 2.24) is 20.0 Å². The van der Waals surface area contributed by atoms with E-state index in [4.69, 9.17) is 11.6 Å². The number of aromatic nitrogens is 2. The van der Waals surface area contributed by atoms with Crippen molar-refractivity contribution in [1.29, 1.82) is 0 Å². The van der Waals surface area contributed by atoms with Gasteiger partial charge in [0.2, 0.25) is 10.0 Å². The molecule has 1 aromatic heterocycles. The Morgan fingerprint density at radius 3 is 2.65 bits per heavy atom. The van der Waals surface area contributed by atoms with Crippen LogP contribution in [0.15, 0.2) is 12.4 Å². The summed E-state index contributed by atoms with van der Waals surface area (Å²) in [6, 6.07) is 0. The molecule has 0 atom stereocenters. The van der Waals surface area contributed by atoms with E-state index in [-0.39, 0.29) is 23.1 Å². The van der Waals surface area contributed by atoms with Crippen LogP contribution in [0, 0.1) is 0 Å². The van der Waals surface area contributed by atoms with E-state index in [1.807, 2.05) is 0 Å². The van der Waals surface area contributed by atoms with Gasteiger partial charge in [-0.05, 0) is 7.05 Å². The minimum Gasteiger partial charge on any atom is -0.350 e. The number of rotatable bonds is 5. The number of nitrogens with one attached hydrogen (secondary N) is 2. The Kier molecular flexibility index (Phi) is 4.79. The van der Waals surface area contributed by atoms with Crippen LogP contribution in [0.1, 0.15) is 10.5 Å². The maximum absolute atomic E-state index is 11.5. The molecule has 2 N–H and O–H groups in total. The zero-order valence-corrected chi connectivity index (χ0v) is 10.5. The fourth-order valence-electron chi connectivity index (χ4n) is 0.921. The van der Waals surface area contributed by atoms with Crippen molar-refractivity contribution >= 4 is 27.5 Å². The predicted molar refractivity (Wildman–Crippen MR) is 62.2 cm³/mol. The van der Waals surface area contributed by atoms with Gasteiger partial charge in [-0.1, -0.05) is 11.6 Å². The van der Waals surface area contributed by atoms with Gasteiger partial charge in [0.1, 0.15) is 10.8 Å². The summed E-state index contributed by atoms with van der Waals surface area (Å²) < 4.78 is 24.2. The molecule has 7 nitrogen and oxygen atoms in total. The van der Waals surface area contributed by atoms with E-state index in [2.05, 4.69) is 20.0 Å². The smallest absolute Gasteiger partial charge is 0.271 e. The van der Waals surface area contributed by atoms with Crippen molar-refractivity contribution in [2.24, 2.45) is 0 Å². The highest BCUT2D eigenvalue weighted by Gasteiger charge is 2.10. The Balaban J connectivity index is 2.48. The highest BCUT2D eigenvalue weighted by molar-refractivity contribution is 7.89. The van der Waals surface area contributed by atoms with Crippen molar-refractivity contribution in [2.45, 2.75) is 0 Å². The molecule has 0 aromatic carbocycles. The van der Waals surface area contributed by atoms with E-state index in [1.54, 1.807) is 0 Å². The lowest BCUT2D eigenvalue weighted by Crippen LogP contribution is -2.33. The summed E-state index contributed by atoms with van der Waals surface area (Å²) in [5, 5.41) is 2.59. The maximum Gasteiger partial charge on any atom is 0.271 e. The van der Waals surface area contributed by atoms with E-state index in [0.717, 1.165) is 0 Å². The first kappa shape index (κ1) is 13.8. The third kappa shape index (κ3) is 4.63. The lowest BCUT2D eigenvalue weighted by molar-refractivity contribution is 0.0951. The highest BCUT2D eigenvalue weighted by Crippen LogP contribution is 2.00. The van der Waals surface area contributed by atoms with Crippen molar-refractivity contribution < 1.29 is 13.2 Å². The minimum atomic E-state index is -3.33. The molecule has 0 aliphatic carbocycles. The third-order valence-electron chi connectivity index (χ3n) is 1.82. The van der Waals surface area contributed by atoms with Gasteiger partial charge < -0.3 is 5.32 Å². The Hall–Kier alpha value is -1.25. The fraction of sp³-hybridized carbons (Fsp3) is 0.375. The average molecular weight is 279 g/mol. The summed E-state index contributed by atoms with van der Waals surface area (Å²) in [5.74, 6) is -0.698. The summed E-state index contributed by atoms with van der Waals surface area (Å²) >= 11 is 5.51. The van der Waals surface area contributed by atoms with Gasteiger partial charge in [0.15, 0.2) is 0 Å². The number of carbonyl (C=O) groups is 1. The van der Waals surface area contributed by atoms with Crippen LogP contribution in [0.5, 0.6) is 0 Å². The van der Waals surface area contributed by atoms with Crippen LogP contribution in [0.2, 0.25) is 5.15 Å². The first-order valence-electron chi connectivity index (χ1n) is 4.61. The number of nitrogens with zero attached hydrogens (tertiary/aromatic N) is 2. The average Bonchev–Trinajstić information content (AvgIpc) is 2.29. The molecule has 0 fully saturated rings. The van der Waals surface area contributed by atoms with Gasteiger partial charge in [0, 0.05) is 6.54 Å². The van der Waals surface area contributed by atoms with Crippen LogP contribution < -0.4 is 10.0 Å². The van der Waals surface area contributed by atoms with Crippen LogP contribution >= 0.6 is 11.6 Å². The van der Waals surface area contributed by atoms with Gasteiger partial charge in [0.25, 0.3) is 5.91 Å². The number of hydrogen-bond acceptors (Lipinski definition) is 5. The molecule has 17 heavy (non-hydrogen) atoms. The van der Waals surface area contributed by atoms with Crippen LogP contribution in [-0.4, -0.2) is 43.6 Å². The molecule has 0 saturated heterocycles. The number of amides is 1. The Morgan fingerprint density at radius 1 is 1.41 bits per heavy atom. The molecular formula is C8H11ClN4O3S. The maximum atomic E-state index is 11.5. The molecule has 1 amide bonds. The first-order valence-corrected chi connectivity index (χ1v) is 6.64. The van der Waals surface area contributed by atoms with Crippen LogP contribution in [0.4, 0.5) is 0 Å². The molecule has 0 radical (unpaired) electrons. The molecular weight excluding hydrogens is 268 g/mol. The van der Waals surface area contributed by atoms with Gasteiger partial charge in [-0.25, -0.2) is 23.1 Å². The van der Waals surface area contributed by atoms with Gasteiger partial charge >= 0.3 is 0 Å². The molecule has 9 heteroatoms. The van der Waals surface area contributed by atoms with Crippen molar-refractivity contribution in [2.75, 3.05) is 19.3 Å². The molecule has 0 aliphatic heterocycles. The molecule has 1 rings (SSSR count). The minimum absolute atomic E-state index is 0.00763. The molecule has 1 aromatic rings. The monoisotopic (exact) mass is 278 g/mol. The molecule has 0 bridgehead atoms. The third-order valence-corrected chi connectivity index (χ3v) is 3.38. The molecule has 0 aliphatic rings. The van der Waals surface area contributed by atoms with E-state index in [0.29, 0.717) is 0 Å². The van der Waals surface area contributed by atoms with Crippen LogP contribution in [-0.2, 0) is 10.0 Å². The second-order valence-electron chi connectivity index (χ2n) is 3.00. The highest BCUT2D eigenvalue weighted by atomic mass is 35.5. The number of halogens is 1. The largest absolute Gasteiger partial charge is 0.350 e. The summed E-state index contributed by atoms with van der Waals surface area (Å²) in [5.41, 5.74) is 0.0799.